The van der Waals surface area contributed by atoms with Gasteiger partial charge < -0.3 is 15.4 Å². The predicted octanol–water partition coefficient (Wildman–Crippen LogP) is 5.90. The van der Waals surface area contributed by atoms with Gasteiger partial charge in [0.2, 0.25) is 0 Å². The molecule has 0 bridgehead atoms. The van der Waals surface area contributed by atoms with Gasteiger partial charge in [0.05, 0.1) is 6.61 Å². The van der Waals surface area contributed by atoms with Gasteiger partial charge in [-0.3, -0.25) is 0 Å². The van der Waals surface area contributed by atoms with E-state index in [4.69, 9.17) is 17.0 Å². The van der Waals surface area contributed by atoms with Crippen LogP contribution in [0.25, 0.3) is 0 Å². The van der Waals surface area contributed by atoms with Gasteiger partial charge in [0, 0.05) is 12.2 Å². The van der Waals surface area contributed by atoms with Crippen LogP contribution in [0.5, 0.6) is 5.75 Å². The molecule has 0 saturated heterocycles. The van der Waals surface area contributed by atoms with Crippen LogP contribution in [0.4, 0.5) is 5.69 Å². The second-order valence-electron chi connectivity index (χ2n) is 6.17. The lowest BCUT2D eigenvalue weighted by molar-refractivity contribution is 0.340. The third-order valence-corrected chi connectivity index (χ3v) is 4.24. The number of hydrogen-bond acceptors (Lipinski definition) is 2. The summed E-state index contributed by atoms with van der Waals surface area (Å²) in [6.45, 7) is 5.88. The molecule has 0 spiro atoms. The van der Waals surface area contributed by atoms with Gasteiger partial charge in [-0.15, -0.1) is 0 Å². The monoisotopic (exact) mass is 350 g/mol. The second-order valence-corrected chi connectivity index (χ2v) is 6.57. The van der Waals surface area contributed by atoms with Gasteiger partial charge in [-0.05, 0) is 49.8 Å². The second kappa shape index (κ2) is 14.1. The van der Waals surface area contributed by atoms with E-state index in [9.17, 15) is 0 Å². The molecule has 1 aromatic rings. The van der Waals surface area contributed by atoms with Gasteiger partial charge in [-0.25, -0.2) is 0 Å². The molecule has 1 aromatic carbocycles. The lowest BCUT2D eigenvalue weighted by atomic mass is 10.1. The number of unbranched alkanes of at least 4 members (excludes halogenated alkanes) is 8. The van der Waals surface area contributed by atoms with Crippen molar-refractivity contribution >= 4 is 23.0 Å². The number of rotatable bonds is 13. The molecule has 24 heavy (non-hydrogen) atoms. The number of benzene rings is 1. The van der Waals surface area contributed by atoms with E-state index in [0.29, 0.717) is 11.7 Å². The fourth-order valence-electron chi connectivity index (χ4n) is 2.61. The molecule has 0 aromatic heterocycles. The number of hydrogen-bond donors (Lipinski definition) is 2. The van der Waals surface area contributed by atoms with Crippen molar-refractivity contribution in [1.82, 2.24) is 5.32 Å². The first-order valence-electron chi connectivity index (χ1n) is 9.54. The van der Waals surface area contributed by atoms with Gasteiger partial charge in [-0.1, -0.05) is 58.3 Å². The maximum Gasteiger partial charge on any atom is 0.170 e. The van der Waals surface area contributed by atoms with Crippen molar-refractivity contribution in [2.45, 2.75) is 71.6 Å². The summed E-state index contributed by atoms with van der Waals surface area (Å²) in [5.74, 6) is 0.886. The van der Waals surface area contributed by atoms with Gasteiger partial charge >= 0.3 is 0 Å². The molecule has 0 radical (unpaired) electrons. The minimum atomic E-state index is 0.686. The van der Waals surface area contributed by atoms with E-state index in [1.54, 1.807) is 0 Å². The molecule has 0 aliphatic rings. The van der Waals surface area contributed by atoms with Crippen LogP contribution in [-0.2, 0) is 0 Å². The molecule has 0 amide bonds. The minimum absolute atomic E-state index is 0.686. The highest BCUT2D eigenvalue weighted by atomic mass is 32.1. The fraction of sp³-hybridized carbons (Fsp3) is 0.650. The summed E-state index contributed by atoms with van der Waals surface area (Å²) in [5, 5.41) is 7.18. The quantitative estimate of drug-likeness (QED) is 0.343. The third kappa shape index (κ3) is 10.5. The highest BCUT2D eigenvalue weighted by molar-refractivity contribution is 7.80. The predicted molar refractivity (Wildman–Crippen MR) is 109 cm³/mol. The Labute approximate surface area is 153 Å². The molecule has 0 fully saturated rings. The van der Waals surface area contributed by atoms with E-state index < -0.39 is 0 Å². The number of anilines is 1. The molecule has 0 unspecified atom stereocenters. The lowest BCUT2D eigenvalue weighted by Crippen LogP contribution is -2.29. The Hall–Kier alpha value is -1.29. The summed E-state index contributed by atoms with van der Waals surface area (Å²) >= 11 is 5.33. The Morgan fingerprint density at radius 2 is 1.46 bits per heavy atom. The molecule has 2 N–H and O–H groups in total. The van der Waals surface area contributed by atoms with Crippen molar-refractivity contribution in [2.75, 3.05) is 18.5 Å². The van der Waals surface area contributed by atoms with Crippen LogP contribution in [0.2, 0.25) is 0 Å². The van der Waals surface area contributed by atoms with Crippen molar-refractivity contribution in [3.63, 3.8) is 0 Å². The average Bonchev–Trinajstić information content (AvgIpc) is 2.58. The first-order valence-corrected chi connectivity index (χ1v) is 9.94. The van der Waals surface area contributed by atoms with E-state index in [0.717, 1.165) is 18.0 Å². The normalized spacial score (nSPS) is 10.4. The molecule has 0 saturated carbocycles. The van der Waals surface area contributed by atoms with Crippen LogP contribution < -0.4 is 15.4 Å². The van der Waals surface area contributed by atoms with E-state index >= 15 is 0 Å². The Bertz CT molecular complexity index is 434. The van der Waals surface area contributed by atoms with Gasteiger partial charge in [-0.2, -0.15) is 0 Å². The SMILES string of the molecule is CCCCCCCCCCCNC(=S)Nc1ccc(OCC)cc1. The van der Waals surface area contributed by atoms with Crippen LogP contribution >= 0.6 is 12.2 Å². The summed E-state index contributed by atoms with van der Waals surface area (Å²) < 4.78 is 5.43. The summed E-state index contributed by atoms with van der Waals surface area (Å²) in [4.78, 5) is 0. The molecule has 1 rings (SSSR count). The Balaban J connectivity index is 2.00. The van der Waals surface area contributed by atoms with E-state index in [1.807, 2.05) is 31.2 Å². The van der Waals surface area contributed by atoms with Crippen molar-refractivity contribution in [1.29, 1.82) is 0 Å². The molecule has 136 valence electrons. The first-order chi connectivity index (χ1) is 11.8. The zero-order chi connectivity index (χ0) is 17.5. The molecule has 0 aliphatic heterocycles. The van der Waals surface area contributed by atoms with Crippen molar-refractivity contribution in [3.05, 3.63) is 24.3 Å². The fourth-order valence-corrected chi connectivity index (χ4v) is 2.83. The Kier molecular flexibility index (Phi) is 12.2. The minimum Gasteiger partial charge on any atom is -0.494 e. The smallest absolute Gasteiger partial charge is 0.170 e. The van der Waals surface area contributed by atoms with Gasteiger partial charge in [0.15, 0.2) is 5.11 Å². The van der Waals surface area contributed by atoms with Crippen LogP contribution in [0.3, 0.4) is 0 Å². The standard InChI is InChI=1S/C20H34N2OS/c1-3-5-6-7-8-9-10-11-12-17-21-20(24)22-18-13-15-19(16-14-18)23-4-2/h13-16H,3-12,17H2,1-2H3,(H2,21,22,24). The van der Waals surface area contributed by atoms with Crippen molar-refractivity contribution in [3.8, 4) is 5.75 Å². The Morgan fingerprint density at radius 3 is 2.04 bits per heavy atom. The first kappa shape index (κ1) is 20.8. The Morgan fingerprint density at radius 1 is 0.875 bits per heavy atom. The molecular weight excluding hydrogens is 316 g/mol. The van der Waals surface area contributed by atoms with Gasteiger partial charge in [0.25, 0.3) is 0 Å². The summed E-state index contributed by atoms with van der Waals surface area (Å²) in [6.07, 6.45) is 12.1. The summed E-state index contributed by atoms with van der Waals surface area (Å²) in [6, 6.07) is 7.87. The molecule has 0 atom stereocenters. The van der Waals surface area contributed by atoms with Crippen LogP contribution in [0, 0.1) is 0 Å². The molecule has 3 nitrogen and oxygen atoms in total. The zero-order valence-corrected chi connectivity index (χ0v) is 16.2. The van der Waals surface area contributed by atoms with E-state index in [-0.39, 0.29) is 0 Å². The van der Waals surface area contributed by atoms with Crippen LogP contribution in [0.1, 0.15) is 71.6 Å². The number of thiocarbonyl (C=S) groups is 1. The van der Waals surface area contributed by atoms with Gasteiger partial charge in [0.1, 0.15) is 5.75 Å². The zero-order valence-electron chi connectivity index (χ0n) is 15.4. The van der Waals surface area contributed by atoms with E-state index in [2.05, 4.69) is 17.6 Å². The average molecular weight is 351 g/mol. The number of nitrogens with one attached hydrogen (secondary N) is 2. The topological polar surface area (TPSA) is 33.3 Å². The molecule has 4 heteroatoms. The molecule has 0 heterocycles. The third-order valence-electron chi connectivity index (χ3n) is 3.99. The van der Waals surface area contributed by atoms with Crippen LogP contribution in [-0.4, -0.2) is 18.3 Å². The van der Waals surface area contributed by atoms with Crippen molar-refractivity contribution in [2.24, 2.45) is 0 Å². The maximum atomic E-state index is 5.43. The number of ether oxygens (including phenoxy) is 1. The molecular formula is C20H34N2OS. The largest absolute Gasteiger partial charge is 0.494 e. The highest BCUT2D eigenvalue weighted by Crippen LogP contribution is 2.15. The summed E-state index contributed by atoms with van der Waals surface area (Å²) in [7, 11) is 0. The van der Waals surface area contributed by atoms with Crippen molar-refractivity contribution < 1.29 is 4.74 Å². The molecule has 0 aliphatic carbocycles. The summed E-state index contributed by atoms with van der Waals surface area (Å²) in [5.41, 5.74) is 0.989. The lowest BCUT2D eigenvalue weighted by Gasteiger charge is -2.11. The van der Waals surface area contributed by atoms with E-state index in [1.165, 1.54) is 57.8 Å². The maximum absolute atomic E-state index is 5.43. The van der Waals surface area contributed by atoms with Crippen LogP contribution in [0.15, 0.2) is 24.3 Å². The highest BCUT2D eigenvalue weighted by Gasteiger charge is 1.98.